The first-order valence-electron chi connectivity index (χ1n) is 2.83. The molecule has 9 heavy (non-hydrogen) atoms. The Kier molecular flexibility index (Phi) is 21.9. The van der Waals surface area contributed by atoms with Crippen molar-refractivity contribution in [1.29, 1.82) is 0 Å². The summed E-state index contributed by atoms with van der Waals surface area (Å²) in [6.45, 7) is 6.89. The maximum atomic E-state index is 8.06. The van der Waals surface area contributed by atoms with Gasteiger partial charge in [-0.05, 0) is 27.7 Å². The average Bonchev–Trinajstić information content (AvgIpc) is 1.25. The number of hydrogen-bond acceptors (Lipinski definition) is 2. The van der Waals surface area contributed by atoms with Crippen LogP contribution >= 0.6 is 0 Å². The number of rotatable bonds is 0. The van der Waals surface area contributed by atoms with Crippen molar-refractivity contribution in [2.24, 2.45) is 0 Å². The van der Waals surface area contributed by atoms with E-state index in [2.05, 4.69) is 0 Å². The van der Waals surface area contributed by atoms with Gasteiger partial charge >= 0.3 is 0 Å². The molecule has 0 saturated carbocycles. The summed E-state index contributed by atoms with van der Waals surface area (Å²) in [6, 6.07) is 0. The Balaban J connectivity index is -0.0000000720. The van der Waals surface area contributed by atoms with E-state index in [1.54, 1.807) is 27.7 Å². The topological polar surface area (TPSA) is 40.5 Å². The second-order valence-corrected chi connectivity index (χ2v) is 2.19. The minimum Gasteiger partial charge on any atom is -0.394 e. The van der Waals surface area contributed by atoms with Gasteiger partial charge in [0.25, 0.3) is 0 Å². The molecule has 0 saturated heterocycles. The van der Waals surface area contributed by atoms with E-state index in [0.29, 0.717) is 0 Å². The van der Waals surface area contributed by atoms with Crippen molar-refractivity contribution in [1.82, 2.24) is 0 Å². The molecule has 0 fully saturated rings. The van der Waals surface area contributed by atoms with Crippen molar-refractivity contribution in [3.05, 3.63) is 0 Å². The van der Waals surface area contributed by atoms with Crippen LogP contribution in [0, 0.1) is 35.6 Å². The van der Waals surface area contributed by atoms with E-state index >= 15 is 0 Å². The van der Waals surface area contributed by atoms with Crippen molar-refractivity contribution in [3.63, 3.8) is 0 Å². The predicted octanol–water partition coefficient (Wildman–Crippen LogP) is 0.774. The van der Waals surface area contributed by atoms with Gasteiger partial charge in [-0.3, -0.25) is 0 Å². The molecule has 0 atom stereocenters. The Morgan fingerprint density at radius 3 is 0.778 bits per heavy atom. The SMILES string of the molecule is CC(C)O.CC(C)O.[La]. The quantitative estimate of drug-likeness (QED) is 0.674. The number of aliphatic hydroxyl groups is 2. The molecule has 0 aromatic rings. The zero-order valence-electron chi connectivity index (χ0n) is 6.63. The largest absolute Gasteiger partial charge is 0.394 e. The first-order valence-corrected chi connectivity index (χ1v) is 2.83. The molecule has 0 aliphatic heterocycles. The molecule has 0 spiro atoms. The first kappa shape index (κ1) is 16.6. The van der Waals surface area contributed by atoms with E-state index in [1.807, 2.05) is 0 Å². The van der Waals surface area contributed by atoms with Gasteiger partial charge in [0, 0.05) is 47.8 Å². The summed E-state index contributed by atoms with van der Waals surface area (Å²) in [4.78, 5) is 0. The van der Waals surface area contributed by atoms with E-state index in [4.69, 9.17) is 10.2 Å². The van der Waals surface area contributed by atoms with Gasteiger partial charge in [-0.25, -0.2) is 0 Å². The maximum absolute atomic E-state index is 8.06. The van der Waals surface area contributed by atoms with Crippen LogP contribution < -0.4 is 0 Å². The molecular formula is C6H16LaO2. The van der Waals surface area contributed by atoms with Crippen LogP contribution in [0.4, 0.5) is 0 Å². The van der Waals surface area contributed by atoms with Crippen LogP contribution in [0.3, 0.4) is 0 Å². The normalized spacial score (nSPS) is 8.00. The molecular weight excluding hydrogens is 243 g/mol. The van der Waals surface area contributed by atoms with Crippen LogP contribution in [0.5, 0.6) is 0 Å². The van der Waals surface area contributed by atoms with Gasteiger partial charge in [0.1, 0.15) is 0 Å². The summed E-state index contributed by atoms with van der Waals surface area (Å²) in [5, 5.41) is 16.1. The molecule has 0 aromatic carbocycles. The second-order valence-electron chi connectivity index (χ2n) is 2.19. The Morgan fingerprint density at radius 1 is 0.778 bits per heavy atom. The molecule has 0 unspecified atom stereocenters. The standard InChI is InChI=1S/2C3H8O.La/c2*1-3(2)4;/h2*3-4H,1-2H3;. The van der Waals surface area contributed by atoms with Crippen LogP contribution in [-0.4, -0.2) is 22.4 Å². The average molecular weight is 259 g/mol. The Morgan fingerprint density at radius 2 is 0.778 bits per heavy atom. The fourth-order valence-corrected chi connectivity index (χ4v) is 0. The van der Waals surface area contributed by atoms with E-state index < -0.39 is 0 Å². The van der Waals surface area contributed by atoms with Gasteiger partial charge in [0.15, 0.2) is 0 Å². The Bertz CT molecular complexity index is 26.5. The summed E-state index contributed by atoms with van der Waals surface area (Å²) in [5.41, 5.74) is 0. The molecule has 0 rings (SSSR count). The molecule has 0 aliphatic rings. The molecule has 2 nitrogen and oxygen atoms in total. The molecule has 55 valence electrons. The predicted molar refractivity (Wildman–Crippen MR) is 34.7 cm³/mol. The first-order chi connectivity index (χ1) is 3.46. The zero-order valence-corrected chi connectivity index (χ0v) is 10.3. The van der Waals surface area contributed by atoms with Crippen LogP contribution in [0.25, 0.3) is 0 Å². The van der Waals surface area contributed by atoms with Crippen molar-refractivity contribution < 1.29 is 45.8 Å². The summed E-state index contributed by atoms with van der Waals surface area (Å²) in [5.74, 6) is 0. The van der Waals surface area contributed by atoms with Crippen molar-refractivity contribution >= 4 is 0 Å². The second kappa shape index (κ2) is 11.9. The monoisotopic (exact) mass is 259 g/mol. The molecule has 0 aliphatic carbocycles. The molecule has 0 amide bonds. The van der Waals surface area contributed by atoms with Gasteiger partial charge < -0.3 is 10.2 Å². The van der Waals surface area contributed by atoms with Gasteiger partial charge in [0.05, 0.1) is 0 Å². The van der Waals surface area contributed by atoms with E-state index in [0.717, 1.165) is 0 Å². The Labute approximate surface area is 85.3 Å². The van der Waals surface area contributed by atoms with Gasteiger partial charge in [-0.2, -0.15) is 0 Å². The summed E-state index contributed by atoms with van der Waals surface area (Å²) < 4.78 is 0. The van der Waals surface area contributed by atoms with E-state index in [-0.39, 0.29) is 47.8 Å². The van der Waals surface area contributed by atoms with Crippen LogP contribution in [-0.2, 0) is 0 Å². The molecule has 1 radical (unpaired) electrons. The molecule has 2 N–H and O–H groups in total. The van der Waals surface area contributed by atoms with Crippen molar-refractivity contribution in [2.45, 2.75) is 39.9 Å². The van der Waals surface area contributed by atoms with Crippen molar-refractivity contribution in [3.8, 4) is 0 Å². The third kappa shape index (κ3) is 371. The van der Waals surface area contributed by atoms with E-state index in [1.165, 1.54) is 0 Å². The molecule has 3 heteroatoms. The fraction of sp³-hybridized carbons (Fsp3) is 1.00. The third-order valence-electron chi connectivity index (χ3n) is 0. The number of aliphatic hydroxyl groups excluding tert-OH is 2. The van der Waals surface area contributed by atoms with Gasteiger partial charge in [0.2, 0.25) is 0 Å². The fourth-order valence-electron chi connectivity index (χ4n) is 0. The summed E-state index contributed by atoms with van der Waals surface area (Å²) >= 11 is 0. The minimum absolute atomic E-state index is 0. The Hall–Kier alpha value is 1.11. The van der Waals surface area contributed by atoms with Crippen LogP contribution in [0.2, 0.25) is 0 Å². The van der Waals surface area contributed by atoms with Crippen LogP contribution in [0.15, 0.2) is 0 Å². The molecule has 0 heterocycles. The molecule has 0 bridgehead atoms. The number of hydrogen-bond donors (Lipinski definition) is 2. The zero-order chi connectivity index (χ0) is 7.15. The summed E-state index contributed by atoms with van der Waals surface area (Å²) in [7, 11) is 0. The smallest absolute Gasteiger partial charge is 0.0483 e. The van der Waals surface area contributed by atoms with Crippen LogP contribution in [0.1, 0.15) is 27.7 Å². The third-order valence-corrected chi connectivity index (χ3v) is 0. The van der Waals surface area contributed by atoms with Crippen molar-refractivity contribution in [2.75, 3.05) is 0 Å². The minimum atomic E-state index is -0.167. The van der Waals surface area contributed by atoms with E-state index in [9.17, 15) is 0 Å². The van der Waals surface area contributed by atoms with Gasteiger partial charge in [-0.1, -0.05) is 0 Å². The molecule has 0 aromatic heterocycles. The summed E-state index contributed by atoms with van der Waals surface area (Å²) in [6.07, 6.45) is -0.333. The van der Waals surface area contributed by atoms with Gasteiger partial charge in [-0.15, -0.1) is 0 Å². The maximum Gasteiger partial charge on any atom is 0.0483 e.